The maximum absolute atomic E-state index is 12.7. The van der Waals surface area contributed by atoms with Gasteiger partial charge in [0.1, 0.15) is 5.75 Å². The highest BCUT2D eigenvalue weighted by molar-refractivity contribution is 7.89. The van der Waals surface area contributed by atoms with Gasteiger partial charge in [0.15, 0.2) is 0 Å². The summed E-state index contributed by atoms with van der Waals surface area (Å²) in [5, 5.41) is 0. The van der Waals surface area contributed by atoms with Gasteiger partial charge in [-0.15, -0.1) is 0 Å². The predicted octanol–water partition coefficient (Wildman–Crippen LogP) is 1.57. The third-order valence-corrected chi connectivity index (χ3v) is 5.63. The van der Waals surface area contributed by atoms with Crippen LogP contribution in [-0.2, 0) is 10.0 Å². The molecular formula is C15H22N2O4S. The quantitative estimate of drug-likeness (QED) is 0.842. The number of sulfonamides is 1. The van der Waals surface area contributed by atoms with Crippen LogP contribution in [0.1, 0.15) is 29.6 Å². The van der Waals surface area contributed by atoms with Crippen molar-refractivity contribution in [2.24, 2.45) is 0 Å². The molecule has 0 atom stereocenters. The molecule has 1 fully saturated rings. The SMILES string of the molecule is COc1ccc(S(=O)(=O)N(C)C)cc1C(=O)N1CCCCC1. The van der Waals surface area contributed by atoms with Crippen LogP contribution in [0.4, 0.5) is 0 Å². The molecule has 0 aromatic heterocycles. The monoisotopic (exact) mass is 326 g/mol. The first-order valence-corrected chi connectivity index (χ1v) is 8.72. The molecule has 7 heteroatoms. The summed E-state index contributed by atoms with van der Waals surface area (Å²) >= 11 is 0. The Morgan fingerprint density at radius 3 is 2.36 bits per heavy atom. The summed E-state index contributed by atoms with van der Waals surface area (Å²) in [6, 6.07) is 4.40. The van der Waals surface area contributed by atoms with Crippen LogP contribution in [0.15, 0.2) is 23.1 Å². The Kier molecular flexibility index (Phi) is 5.08. The van der Waals surface area contributed by atoms with Gasteiger partial charge in [-0.25, -0.2) is 12.7 Å². The maximum atomic E-state index is 12.7. The van der Waals surface area contributed by atoms with Crippen LogP contribution in [0.3, 0.4) is 0 Å². The Morgan fingerprint density at radius 2 is 1.82 bits per heavy atom. The highest BCUT2D eigenvalue weighted by Gasteiger charge is 2.25. The van der Waals surface area contributed by atoms with E-state index in [1.54, 1.807) is 4.90 Å². The van der Waals surface area contributed by atoms with Gasteiger partial charge in [-0.2, -0.15) is 0 Å². The first kappa shape index (κ1) is 16.8. The van der Waals surface area contributed by atoms with Gasteiger partial charge in [-0.1, -0.05) is 0 Å². The van der Waals surface area contributed by atoms with Crippen molar-refractivity contribution < 1.29 is 17.9 Å². The fraction of sp³-hybridized carbons (Fsp3) is 0.533. The lowest BCUT2D eigenvalue weighted by Gasteiger charge is -2.27. The van der Waals surface area contributed by atoms with E-state index in [0.717, 1.165) is 23.6 Å². The zero-order valence-corrected chi connectivity index (χ0v) is 14.0. The summed E-state index contributed by atoms with van der Waals surface area (Å²) in [7, 11) is 0.821. The average molecular weight is 326 g/mol. The molecule has 1 saturated heterocycles. The largest absolute Gasteiger partial charge is 0.496 e. The highest BCUT2D eigenvalue weighted by atomic mass is 32.2. The third-order valence-electron chi connectivity index (χ3n) is 3.82. The molecule has 1 aromatic carbocycles. The zero-order valence-electron chi connectivity index (χ0n) is 13.2. The first-order valence-electron chi connectivity index (χ1n) is 7.28. The number of methoxy groups -OCH3 is 1. The fourth-order valence-corrected chi connectivity index (χ4v) is 3.42. The second-order valence-corrected chi connectivity index (χ2v) is 7.65. The van der Waals surface area contributed by atoms with E-state index < -0.39 is 10.0 Å². The standard InChI is InChI=1S/C15H22N2O4S/c1-16(2)22(19,20)12-7-8-14(21-3)13(11-12)15(18)17-9-5-4-6-10-17/h7-8,11H,4-6,9-10H2,1-3H3. The maximum Gasteiger partial charge on any atom is 0.257 e. The second kappa shape index (κ2) is 6.66. The molecule has 0 radical (unpaired) electrons. The van der Waals surface area contributed by atoms with E-state index in [-0.39, 0.29) is 10.8 Å². The van der Waals surface area contributed by atoms with Gasteiger partial charge in [0.25, 0.3) is 5.91 Å². The number of carbonyl (C=O) groups is 1. The summed E-state index contributed by atoms with van der Waals surface area (Å²) in [6.45, 7) is 1.40. The van der Waals surface area contributed by atoms with Gasteiger partial charge in [0.2, 0.25) is 10.0 Å². The van der Waals surface area contributed by atoms with Crippen LogP contribution in [0.25, 0.3) is 0 Å². The molecule has 0 aliphatic carbocycles. The van der Waals surface area contributed by atoms with E-state index in [0.29, 0.717) is 24.4 Å². The lowest BCUT2D eigenvalue weighted by atomic mass is 10.1. The van der Waals surface area contributed by atoms with E-state index in [4.69, 9.17) is 4.74 Å². The molecule has 22 heavy (non-hydrogen) atoms. The number of hydrogen-bond donors (Lipinski definition) is 0. The Balaban J connectivity index is 2.42. The number of rotatable bonds is 4. The number of benzene rings is 1. The smallest absolute Gasteiger partial charge is 0.257 e. The summed E-state index contributed by atoms with van der Waals surface area (Å²) in [5.41, 5.74) is 0.298. The number of amides is 1. The Labute approximate surface area is 131 Å². The number of carbonyl (C=O) groups excluding carboxylic acids is 1. The van der Waals surface area contributed by atoms with Gasteiger partial charge in [-0.3, -0.25) is 4.79 Å². The minimum atomic E-state index is -3.58. The number of piperidine rings is 1. The minimum Gasteiger partial charge on any atom is -0.496 e. The molecular weight excluding hydrogens is 304 g/mol. The molecule has 0 N–H and O–H groups in total. The number of hydrogen-bond acceptors (Lipinski definition) is 4. The number of likely N-dealkylation sites (tertiary alicyclic amines) is 1. The summed E-state index contributed by atoms with van der Waals surface area (Å²) in [5.74, 6) is 0.223. The minimum absolute atomic E-state index is 0.0960. The summed E-state index contributed by atoms with van der Waals surface area (Å²) in [4.78, 5) is 14.5. The molecule has 122 valence electrons. The fourth-order valence-electron chi connectivity index (χ4n) is 2.49. The lowest BCUT2D eigenvalue weighted by molar-refractivity contribution is 0.0720. The van der Waals surface area contributed by atoms with Crippen molar-refractivity contribution in [1.82, 2.24) is 9.21 Å². The van der Waals surface area contributed by atoms with Crippen LogP contribution in [0.2, 0.25) is 0 Å². The van der Waals surface area contributed by atoms with Crippen molar-refractivity contribution in [3.63, 3.8) is 0 Å². The predicted molar refractivity (Wildman–Crippen MR) is 83.6 cm³/mol. The summed E-state index contributed by atoms with van der Waals surface area (Å²) in [6.07, 6.45) is 3.07. The van der Waals surface area contributed by atoms with Crippen molar-refractivity contribution in [3.05, 3.63) is 23.8 Å². The van der Waals surface area contributed by atoms with Crippen molar-refractivity contribution in [2.75, 3.05) is 34.3 Å². The molecule has 0 bridgehead atoms. The van der Waals surface area contributed by atoms with Gasteiger partial charge in [0, 0.05) is 27.2 Å². The van der Waals surface area contributed by atoms with Gasteiger partial charge in [0.05, 0.1) is 17.6 Å². The normalized spacial score (nSPS) is 15.9. The molecule has 0 spiro atoms. The lowest BCUT2D eigenvalue weighted by Crippen LogP contribution is -2.36. The molecule has 2 rings (SSSR count). The molecule has 1 heterocycles. The second-order valence-electron chi connectivity index (χ2n) is 5.50. The highest BCUT2D eigenvalue weighted by Crippen LogP contribution is 2.26. The Hall–Kier alpha value is -1.60. The third kappa shape index (κ3) is 3.25. The molecule has 0 saturated carbocycles. The Morgan fingerprint density at radius 1 is 1.18 bits per heavy atom. The zero-order chi connectivity index (χ0) is 16.3. The first-order chi connectivity index (χ1) is 10.4. The van der Waals surface area contributed by atoms with Crippen LogP contribution in [0, 0.1) is 0 Å². The van der Waals surface area contributed by atoms with Crippen LogP contribution in [-0.4, -0.2) is 57.8 Å². The average Bonchev–Trinajstić information content (AvgIpc) is 2.54. The van der Waals surface area contributed by atoms with Gasteiger partial charge in [-0.05, 0) is 37.5 Å². The molecule has 0 unspecified atom stereocenters. The van der Waals surface area contributed by atoms with E-state index in [9.17, 15) is 13.2 Å². The summed E-state index contributed by atoms with van der Waals surface area (Å²) < 4.78 is 30.8. The van der Waals surface area contributed by atoms with Crippen molar-refractivity contribution in [1.29, 1.82) is 0 Å². The molecule has 1 aliphatic heterocycles. The topological polar surface area (TPSA) is 66.9 Å². The number of nitrogens with zero attached hydrogens (tertiary/aromatic N) is 2. The van der Waals surface area contributed by atoms with Gasteiger partial charge < -0.3 is 9.64 Å². The van der Waals surface area contributed by atoms with Crippen LogP contribution >= 0.6 is 0 Å². The van der Waals surface area contributed by atoms with Gasteiger partial charge >= 0.3 is 0 Å². The van der Waals surface area contributed by atoms with E-state index in [2.05, 4.69) is 0 Å². The molecule has 1 aliphatic rings. The van der Waals surface area contributed by atoms with Crippen molar-refractivity contribution >= 4 is 15.9 Å². The van der Waals surface area contributed by atoms with E-state index in [1.165, 1.54) is 39.4 Å². The Bertz CT molecular complexity index is 650. The van der Waals surface area contributed by atoms with Crippen LogP contribution < -0.4 is 4.74 Å². The van der Waals surface area contributed by atoms with E-state index in [1.807, 2.05) is 0 Å². The molecule has 6 nitrogen and oxygen atoms in total. The number of ether oxygens (including phenoxy) is 1. The van der Waals surface area contributed by atoms with E-state index >= 15 is 0 Å². The molecule has 1 aromatic rings. The van der Waals surface area contributed by atoms with Crippen molar-refractivity contribution in [2.45, 2.75) is 24.2 Å². The van der Waals surface area contributed by atoms with Crippen LogP contribution in [0.5, 0.6) is 5.75 Å². The molecule has 1 amide bonds. The van der Waals surface area contributed by atoms with Crippen molar-refractivity contribution in [3.8, 4) is 5.75 Å².